The Morgan fingerprint density at radius 2 is 2.19 bits per heavy atom. The van der Waals surface area contributed by atoms with Crippen molar-refractivity contribution in [2.75, 3.05) is 6.54 Å². The van der Waals surface area contributed by atoms with Crippen molar-refractivity contribution in [3.8, 4) is 0 Å². The Morgan fingerprint density at radius 3 is 2.86 bits per heavy atom. The average Bonchev–Trinajstić information content (AvgIpc) is 3.21. The van der Waals surface area contributed by atoms with Crippen molar-refractivity contribution in [3.05, 3.63) is 21.9 Å². The third kappa shape index (κ3) is 5.21. The SMILES string of the molecule is O=C(CCCNS(=O)(=O)c1cc(Br)cnc1Cl)NC1CC1. The number of aromatic nitrogens is 1. The molecule has 21 heavy (non-hydrogen) atoms. The van der Waals surface area contributed by atoms with Gasteiger partial charge in [0.15, 0.2) is 0 Å². The molecule has 0 radical (unpaired) electrons. The monoisotopic (exact) mass is 395 g/mol. The first kappa shape index (κ1) is 16.7. The molecule has 1 aliphatic carbocycles. The van der Waals surface area contributed by atoms with Gasteiger partial charge in [0.05, 0.1) is 0 Å². The number of amides is 1. The number of nitrogens with one attached hydrogen (secondary N) is 2. The van der Waals surface area contributed by atoms with Gasteiger partial charge in [0.1, 0.15) is 10.0 Å². The molecule has 0 bridgehead atoms. The van der Waals surface area contributed by atoms with Gasteiger partial charge in [-0.2, -0.15) is 0 Å². The molecule has 1 fully saturated rings. The van der Waals surface area contributed by atoms with E-state index in [0.29, 0.717) is 23.4 Å². The minimum atomic E-state index is -3.73. The molecule has 0 aliphatic heterocycles. The van der Waals surface area contributed by atoms with Crippen LogP contribution in [-0.4, -0.2) is 31.9 Å². The fourth-order valence-electron chi connectivity index (χ4n) is 1.65. The molecule has 1 aliphatic rings. The van der Waals surface area contributed by atoms with E-state index in [2.05, 4.69) is 31.0 Å². The van der Waals surface area contributed by atoms with E-state index in [1.807, 2.05) is 0 Å². The quantitative estimate of drug-likeness (QED) is 0.544. The van der Waals surface area contributed by atoms with Gasteiger partial charge in [-0.25, -0.2) is 18.1 Å². The summed E-state index contributed by atoms with van der Waals surface area (Å²) in [5.41, 5.74) is 0. The van der Waals surface area contributed by atoms with Crippen molar-refractivity contribution in [1.82, 2.24) is 15.0 Å². The lowest BCUT2D eigenvalue weighted by atomic mass is 10.3. The highest BCUT2D eigenvalue weighted by Gasteiger charge is 2.23. The summed E-state index contributed by atoms with van der Waals surface area (Å²) in [6.45, 7) is 0.170. The van der Waals surface area contributed by atoms with Crippen molar-refractivity contribution in [1.29, 1.82) is 0 Å². The van der Waals surface area contributed by atoms with E-state index < -0.39 is 10.0 Å². The summed E-state index contributed by atoms with van der Waals surface area (Å²) in [4.78, 5) is 15.2. The lowest BCUT2D eigenvalue weighted by molar-refractivity contribution is -0.121. The number of carbonyl (C=O) groups excluding carboxylic acids is 1. The summed E-state index contributed by atoms with van der Waals surface area (Å²) in [6, 6.07) is 1.71. The zero-order valence-corrected chi connectivity index (χ0v) is 14.3. The first-order valence-electron chi connectivity index (χ1n) is 6.48. The van der Waals surface area contributed by atoms with Crippen LogP contribution in [0.2, 0.25) is 5.15 Å². The van der Waals surface area contributed by atoms with Crippen molar-refractivity contribution in [3.63, 3.8) is 0 Å². The maximum atomic E-state index is 12.1. The Bertz CT molecular complexity index is 635. The summed E-state index contributed by atoms with van der Waals surface area (Å²) in [7, 11) is -3.73. The van der Waals surface area contributed by atoms with Crippen LogP contribution >= 0.6 is 27.5 Å². The predicted molar refractivity (Wildman–Crippen MR) is 82.5 cm³/mol. The summed E-state index contributed by atoms with van der Waals surface area (Å²) in [5.74, 6) is -0.0427. The number of nitrogens with zero attached hydrogens (tertiary/aromatic N) is 1. The Balaban J connectivity index is 1.83. The first-order valence-corrected chi connectivity index (χ1v) is 9.14. The topological polar surface area (TPSA) is 88.2 Å². The van der Waals surface area contributed by atoms with E-state index in [-0.39, 0.29) is 22.5 Å². The number of hydrogen-bond donors (Lipinski definition) is 2. The van der Waals surface area contributed by atoms with Gasteiger partial charge in [-0.1, -0.05) is 11.6 Å². The van der Waals surface area contributed by atoms with E-state index >= 15 is 0 Å². The van der Waals surface area contributed by atoms with Crippen LogP contribution in [0.15, 0.2) is 21.6 Å². The number of sulfonamides is 1. The van der Waals surface area contributed by atoms with Crippen LogP contribution < -0.4 is 10.0 Å². The predicted octanol–water partition coefficient (Wildman–Crippen LogP) is 1.83. The lowest BCUT2D eigenvalue weighted by Gasteiger charge is -2.08. The molecule has 0 spiro atoms. The van der Waals surface area contributed by atoms with Gasteiger partial charge in [-0.3, -0.25) is 4.79 Å². The molecule has 0 unspecified atom stereocenters. The largest absolute Gasteiger partial charge is 0.353 e. The molecule has 6 nitrogen and oxygen atoms in total. The molecule has 116 valence electrons. The van der Waals surface area contributed by atoms with Crippen LogP contribution in [0.3, 0.4) is 0 Å². The van der Waals surface area contributed by atoms with Crippen molar-refractivity contribution < 1.29 is 13.2 Å². The van der Waals surface area contributed by atoms with E-state index in [0.717, 1.165) is 12.8 Å². The molecule has 0 atom stereocenters. The van der Waals surface area contributed by atoms with Crippen LogP contribution in [0, 0.1) is 0 Å². The Labute approximate surface area is 136 Å². The third-order valence-electron chi connectivity index (χ3n) is 2.88. The van der Waals surface area contributed by atoms with E-state index in [9.17, 15) is 13.2 Å². The maximum absolute atomic E-state index is 12.1. The van der Waals surface area contributed by atoms with E-state index in [1.54, 1.807) is 0 Å². The highest BCUT2D eigenvalue weighted by Crippen LogP contribution is 2.22. The van der Waals surface area contributed by atoms with Gasteiger partial charge in [0.25, 0.3) is 0 Å². The van der Waals surface area contributed by atoms with Gasteiger partial charge in [0, 0.05) is 29.7 Å². The van der Waals surface area contributed by atoms with Crippen molar-refractivity contribution in [2.45, 2.75) is 36.6 Å². The number of rotatable bonds is 7. The minimum Gasteiger partial charge on any atom is -0.353 e. The Morgan fingerprint density at radius 1 is 1.48 bits per heavy atom. The van der Waals surface area contributed by atoms with E-state index in [4.69, 9.17) is 11.6 Å². The molecule has 1 saturated carbocycles. The molecule has 9 heteroatoms. The standard InChI is InChI=1S/C12H15BrClN3O3S/c13-8-6-10(12(14)15-7-8)21(19,20)16-5-1-2-11(18)17-9-3-4-9/h6-7,9,16H,1-5H2,(H,17,18). The minimum absolute atomic E-state index is 0.0427. The number of hydrogen-bond acceptors (Lipinski definition) is 4. The molecular weight excluding hydrogens is 382 g/mol. The average molecular weight is 397 g/mol. The smallest absolute Gasteiger partial charge is 0.243 e. The highest BCUT2D eigenvalue weighted by molar-refractivity contribution is 9.10. The summed E-state index contributed by atoms with van der Waals surface area (Å²) < 4.78 is 27.1. The highest BCUT2D eigenvalue weighted by atomic mass is 79.9. The molecule has 1 aromatic heterocycles. The molecule has 1 aromatic rings. The normalized spacial score (nSPS) is 15.0. The van der Waals surface area contributed by atoms with Gasteiger partial charge in [-0.15, -0.1) is 0 Å². The molecule has 1 amide bonds. The van der Waals surface area contributed by atoms with Crippen LogP contribution in [0.25, 0.3) is 0 Å². The van der Waals surface area contributed by atoms with Crippen LogP contribution in [0.5, 0.6) is 0 Å². The lowest BCUT2D eigenvalue weighted by Crippen LogP contribution is -2.28. The molecule has 2 rings (SSSR count). The van der Waals surface area contributed by atoms with E-state index in [1.165, 1.54) is 12.3 Å². The second kappa shape index (κ2) is 7.04. The van der Waals surface area contributed by atoms with Crippen LogP contribution in [0.4, 0.5) is 0 Å². The van der Waals surface area contributed by atoms with Gasteiger partial charge >= 0.3 is 0 Å². The van der Waals surface area contributed by atoms with Crippen molar-refractivity contribution >= 4 is 43.5 Å². The fourth-order valence-corrected chi connectivity index (χ4v) is 3.67. The fraction of sp³-hybridized carbons (Fsp3) is 0.500. The van der Waals surface area contributed by atoms with Crippen LogP contribution in [-0.2, 0) is 14.8 Å². The van der Waals surface area contributed by atoms with Gasteiger partial charge < -0.3 is 5.32 Å². The Hall–Kier alpha value is -0.700. The zero-order chi connectivity index (χ0) is 15.5. The molecule has 0 saturated heterocycles. The number of carbonyl (C=O) groups is 1. The maximum Gasteiger partial charge on any atom is 0.243 e. The molecular formula is C12H15BrClN3O3S. The van der Waals surface area contributed by atoms with Gasteiger partial charge in [0.2, 0.25) is 15.9 Å². The van der Waals surface area contributed by atoms with Crippen LogP contribution in [0.1, 0.15) is 25.7 Å². The summed E-state index contributed by atoms with van der Waals surface area (Å²) in [6.07, 6.45) is 4.21. The second-order valence-corrected chi connectivity index (χ2v) is 7.79. The second-order valence-electron chi connectivity index (χ2n) is 4.79. The molecule has 0 aromatic carbocycles. The Kier molecular flexibility index (Phi) is 5.59. The number of pyridine rings is 1. The number of halogens is 2. The molecule has 1 heterocycles. The summed E-state index contributed by atoms with van der Waals surface area (Å²) in [5, 5.41) is 2.76. The summed E-state index contributed by atoms with van der Waals surface area (Å²) >= 11 is 8.95. The first-order chi connectivity index (χ1) is 9.88. The zero-order valence-electron chi connectivity index (χ0n) is 11.1. The van der Waals surface area contributed by atoms with Gasteiger partial charge in [-0.05, 0) is 41.3 Å². The molecule has 2 N–H and O–H groups in total. The van der Waals surface area contributed by atoms with Crippen molar-refractivity contribution in [2.24, 2.45) is 0 Å². The third-order valence-corrected chi connectivity index (χ3v) is 5.20.